The number of nitrogens with zero attached hydrogens (tertiary/aromatic N) is 1. The van der Waals surface area contributed by atoms with E-state index in [0.29, 0.717) is 5.75 Å². The minimum absolute atomic E-state index is 0.256. The van der Waals surface area contributed by atoms with E-state index in [2.05, 4.69) is 27.6 Å². The third kappa shape index (κ3) is 2.14. The fourth-order valence-electron chi connectivity index (χ4n) is 1.75. The van der Waals surface area contributed by atoms with Gasteiger partial charge < -0.3 is 9.47 Å². The average molecular weight is 357 g/mol. The van der Waals surface area contributed by atoms with E-state index in [4.69, 9.17) is 9.47 Å². The molecule has 0 saturated heterocycles. The van der Waals surface area contributed by atoms with Crippen molar-refractivity contribution < 1.29 is 14.3 Å². The molecular formula is C13H12INO3. The molecule has 94 valence electrons. The van der Waals surface area contributed by atoms with Gasteiger partial charge in [-0.3, -0.25) is 0 Å². The lowest BCUT2D eigenvalue weighted by molar-refractivity contribution is 0.0594. The summed E-state index contributed by atoms with van der Waals surface area (Å²) >= 11 is 2.24. The lowest BCUT2D eigenvalue weighted by atomic mass is 10.1. The van der Waals surface area contributed by atoms with Crippen LogP contribution in [0, 0.1) is 10.5 Å². The molecule has 0 atom stereocenters. The highest BCUT2D eigenvalue weighted by molar-refractivity contribution is 14.1. The number of aryl methyl sites for hydroxylation is 1. The molecule has 2 rings (SSSR count). The van der Waals surface area contributed by atoms with Crippen LogP contribution in [0.3, 0.4) is 0 Å². The van der Waals surface area contributed by atoms with Gasteiger partial charge in [-0.05, 0) is 47.2 Å². The van der Waals surface area contributed by atoms with Crippen LogP contribution in [0.15, 0.2) is 18.2 Å². The Morgan fingerprint density at radius 3 is 2.67 bits per heavy atom. The number of carbonyl (C=O) groups excluding carboxylic acids is 1. The van der Waals surface area contributed by atoms with Crippen molar-refractivity contribution in [3.05, 3.63) is 33.0 Å². The van der Waals surface area contributed by atoms with E-state index < -0.39 is 5.97 Å². The standard InChI is InChI=1S/C13H12INO3/c1-7-9(14)5-4-8-11(17-2)6-10(13(16)18-3)15-12(7)8/h4-6H,1-3H3. The van der Waals surface area contributed by atoms with E-state index in [1.807, 2.05) is 19.1 Å². The molecule has 0 bridgehead atoms. The van der Waals surface area contributed by atoms with E-state index in [1.54, 1.807) is 13.2 Å². The molecule has 0 amide bonds. The maximum atomic E-state index is 11.6. The van der Waals surface area contributed by atoms with Gasteiger partial charge in [-0.2, -0.15) is 0 Å². The number of hydrogen-bond acceptors (Lipinski definition) is 4. The van der Waals surface area contributed by atoms with Crippen LogP contribution in [0.25, 0.3) is 10.9 Å². The van der Waals surface area contributed by atoms with Gasteiger partial charge in [0.2, 0.25) is 0 Å². The lowest BCUT2D eigenvalue weighted by Gasteiger charge is -2.10. The second-order valence-corrected chi connectivity index (χ2v) is 4.93. The summed E-state index contributed by atoms with van der Waals surface area (Å²) in [6.07, 6.45) is 0. The molecular weight excluding hydrogens is 345 g/mol. The first kappa shape index (κ1) is 13.1. The number of benzene rings is 1. The third-order valence-electron chi connectivity index (χ3n) is 2.74. The number of carbonyl (C=O) groups is 1. The highest BCUT2D eigenvalue weighted by Crippen LogP contribution is 2.29. The van der Waals surface area contributed by atoms with Crippen molar-refractivity contribution in [2.75, 3.05) is 14.2 Å². The topological polar surface area (TPSA) is 48.4 Å². The van der Waals surface area contributed by atoms with Crippen molar-refractivity contribution in [3.63, 3.8) is 0 Å². The number of rotatable bonds is 2. The van der Waals surface area contributed by atoms with Crippen molar-refractivity contribution in [2.45, 2.75) is 6.92 Å². The summed E-state index contributed by atoms with van der Waals surface area (Å²) in [6, 6.07) is 5.54. The van der Waals surface area contributed by atoms with Gasteiger partial charge in [-0.1, -0.05) is 0 Å². The fourth-order valence-corrected chi connectivity index (χ4v) is 2.19. The summed E-state index contributed by atoms with van der Waals surface area (Å²) in [5.41, 5.74) is 2.05. The number of pyridine rings is 1. The molecule has 0 radical (unpaired) electrons. The SMILES string of the molecule is COC(=O)c1cc(OC)c2ccc(I)c(C)c2n1. The molecule has 0 aliphatic carbocycles. The molecule has 4 nitrogen and oxygen atoms in total. The number of hydrogen-bond donors (Lipinski definition) is 0. The molecule has 0 unspecified atom stereocenters. The van der Waals surface area contributed by atoms with Gasteiger partial charge in [-0.15, -0.1) is 0 Å². The van der Waals surface area contributed by atoms with Crippen molar-refractivity contribution >= 4 is 39.5 Å². The smallest absolute Gasteiger partial charge is 0.356 e. The Morgan fingerprint density at radius 2 is 2.06 bits per heavy atom. The highest BCUT2D eigenvalue weighted by atomic mass is 127. The normalized spacial score (nSPS) is 10.4. The molecule has 1 aromatic heterocycles. The minimum atomic E-state index is -0.464. The first-order chi connectivity index (χ1) is 8.58. The lowest BCUT2D eigenvalue weighted by Crippen LogP contribution is -2.06. The monoisotopic (exact) mass is 357 g/mol. The maximum Gasteiger partial charge on any atom is 0.356 e. The summed E-state index contributed by atoms with van der Waals surface area (Å²) in [5.74, 6) is 0.161. The Balaban J connectivity index is 2.80. The molecule has 0 N–H and O–H groups in total. The van der Waals surface area contributed by atoms with Gasteiger partial charge in [0, 0.05) is 15.0 Å². The molecule has 0 spiro atoms. The van der Waals surface area contributed by atoms with Crippen LogP contribution in [-0.2, 0) is 4.74 Å². The van der Waals surface area contributed by atoms with Crippen LogP contribution in [0.2, 0.25) is 0 Å². The maximum absolute atomic E-state index is 11.6. The van der Waals surface area contributed by atoms with E-state index in [0.717, 1.165) is 20.0 Å². The number of esters is 1. The zero-order valence-corrected chi connectivity index (χ0v) is 12.4. The van der Waals surface area contributed by atoms with Gasteiger partial charge in [0.25, 0.3) is 0 Å². The second kappa shape index (κ2) is 5.09. The number of halogens is 1. The molecule has 1 heterocycles. The van der Waals surface area contributed by atoms with Crippen molar-refractivity contribution in [1.82, 2.24) is 4.98 Å². The third-order valence-corrected chi connectivity index (χ3v) is 3.91. The summed E-state index contributed by atoms with van der Waals surface area (Å²) in [6.45, 7) is 1.97. The van der Waals surface area contributed by atoms with E-state index in [9.17, 15) is 4.79 Å². The fraction of sp³-hybridized carbons (Fsp3) is 0.231. The van der Waals surface area contributed by atoms with Gasteiger partial charge in [0.15, 0.2) is 5.69 Å². The van der Waals surface area contributed by atoms with Crippen molar-refractivity contribution in [2.24, 2.45) is 0 Å². The van der Waals surface area contributed by atoms with Crippen LogP contribution < -0.4 is 4.74 Å². The quantitative estimate of drug-likeness (QED) is 0.613. The first-order valence-electron chi connectivity index (χ1n) is 5.30. The van der Waals surface area contributed by atoms with E-state index in [-0.39, 0.29) is 5.69 Å². The van der Waals surface area contributed by atoms with Crippen LogP contribution in [0.5, 0.6) is 5.75 Å². The molecule has 0 aliphatic rings. The Hall–Kier alpha value is -1.37. The molecule has 0 aliphatic heterocycles. The van der Waals surface area contributed by atoms with E-state index in [1.165, 1.54) is 7.11 Å². The number of methoxy groups -OCH3 is 2. The second-order valence-electron chi connectivity index (χ2n) is 3.77. The summed E-state index contributed by atoms with van der Waals surface area (Å²) < 4.78 is 11.1. The number of aromatic nitrogens is 1. The molecule has 5 heteroatoms. The molecule has 0 saturated carbocycles. The summed E-state index contributed by atoms with van der Waals surface area (Å²) in [5, 5.41) is 0.892. The number of fused-ring (bicyclic) bond motifs is 1. The van der Waals surface area contributed by atoms with Crippen molar-refractivity contribution in [1.29, 1.82) is 0 Å². The molecule has 18 heavy (non-hydrogen) atoms. The number of ether oxygens (including phenoxy) is 2. The van der Waals surface area contributed by atoms with Crippen LogP contribution in [0.4, 0.5) is 0 Å². The van der Waals surface area contributed by atoms with Crippen LogP contribution in [0.1, 0.15) is 16.1 Å². The molecule has 0 fully saturated rings. The Morgan fingerprint density at radius 1 is 1.33 bits per heavy atom. The highest BCUT2D eigenvalue weighted by Gasteiger charge is 2.14. The summed E-state index contributed by atoms with van der Waals surface area (Å²) in [7, 11) is 2.91. The van der Waals surface area contributed by atoms with Crippen LogP contribution in [-0.4, -0.2) is 25.2 Å². The Kier molecular flexibility index (Phi) is 3.70. The molecule has 2 aromatic rings. The Bertz CT molecular complexity index is 625. The first-order valence-corrected chi connectivity index (χ1v) is 6.38. The Labute approximate surface area is 118 Å². The summed E-state index contributed by atoms with van der Waals surface area (Å²) in [4.78, 5) is 15.9. The van der Waals surface area contributed by atoms with Gasteiger partial charge in [0.1, 0.15) is 5.75 Å². The zero-order chi connectivity index (χ0) is 13.3. The van der Waals surface area contributed by atoms with Gasteiger partial charge in [-0.25, -0.2) is 9.78 Å². The largest absolute Gasteiger partial charge is 0.496 e. The zero-order valence-electron chi connectivity index (χ0n) is 10.3. The van der Waals surface area contributed by atoms with Crippen molar-refractivity contribution in [3.8, 4) is 5.75 Å². The average Bonchev–Trinajstić information content (AvgIpc) is 2.41. The van der Waals surface area contributed by atoms with Gasteiger partial charge >= 0.3 is 5.97 Å². The van der Waals surface area contributed by atoms with Crippen LogP contribution >= 0.6 is 22.6 Å². The predicted molar refractivity (Wildman–Crippen MR) is 77.1 cm³/mol. The van der Waals surface area contributed by atoms with E-state index >= 15 is 0 Å². The van der Waals surface area contributed by atoms with Gasteiger partial charge in [0.05, 0.1) is 19.7 Å². The minimum Gasteiger partial charge on any atom is -0.496 e. The molecule has 1 aromatic carbocycles. The predicted octanol–water partition coefficient (Wildman–Crippen LogP) is 2.94.